The van der Waals surface area contributed by atoms with Gasteiger partial charge in [-0.25, -0.2) is 4.39 Å². The van der Waals surface area contributed by atoms with Crippen molar-refractivity contribution in [3.05, 3.63) is 29.6 Å². The molecular weight excluding hydrogens is 185 g/mol. The number of rotatable bonds is 3. The lowest BCUT2D eigenvalue weighted by atomic mass is 10.2. The first-order chi connectivity index (χ1) is 6.63. The molecule has 2 N–H and O–H groups in total. The van der Waals surface area contributed by atoms with Crippen molar-refractivity contribution in [1.82, 2.24) is 0 Å². The zero-order chi connectivity index (χ0) is 10.6. The Morgan fingerprint density at radius 2 is 2.29 bits per heavy atom. The van der Waals surface area contributed by atoms with Crippen LogP contribution in [0.15, 0.2) is 18.2 Å². The fourth-order valence-corrected chi connectivity index (χ4v) is 1.05. The Kier molecular flexibility index (Phi) is 3.59. The molecule has 0 spiro atoms. The van der Waals surface area contributed by atoms with Crippen LogP contribution >= 0.6 is 0 Å². The monoisotopic (exact) mass is 197 g/mol. The van der Waals surface area contributed by atoms with Gasteiger partial charge in [0.1, 0.15) is 5.82 Å². The first kappa shape index (κ1) is 10.7. The number of aliphatic hydroxyl groups is 1. The molecule has 0 aliphatic carbocycles. The van der Waals surface area contributed by atoms with Crippen LogP contribution in [-0.2, 0) is 4.79 Å². The van der Waals surface area contributed by atoms with E-state index in [9.17, 15) is 9.18 Å². The molecule has 0 saturated carbocycles. The van der Waals surface area contributed by atoms with E-state index in [1.54, 1.807) is 13.0 Å². The molecule has 1 amide bonds. The highest BCUT2D eigenvalue weighted by atomic mass is 19.1. The fourth-order valence-electron chi connectivity index (χ4n) is 1.05. The highest BCUT2D eigenvalue weighted by Gasteiger charge is 2.02. The third-order valence-corrected chi connectivity index (χ3v) is 1.78. The summed E-state index contributed by atoms with van der Waals surface area (Å²) in [6.45, 7) is 1.43. The molecular formula is C10H12FNO2. The average Bonchev–Trinajstić information content (AvgIpc) is 2.12. The lowest BCUT2D eigenvalue weighted by molar-refractivity contribution is -0.116. The van der Waals surface area contributed by atoms with Gasteiger partial charge in [0.15, 0.2) is 0 Å². The number of amides is 1. The van der Waals surface area contributed by atoms with Crippen LogP contribution in [0.25, 0.3) is 0 Å². The smallest absolute Gasteiger partial charge is 0.226 e. The summed E-state index contributed by atoms with van der Waals surface area (Å²) in [4.78, 5) is 11.0. The predicted octanol–water partition coefficient (Wildman–Crippen LogP) is 1.46. The molecule has 0 aromatic heterocycles. The SMILES string of the molecule is Cc1cc(NC(=O)CCO)ccc1F. The Balaban J connectivity index is 2.68. The Bertz CT molecular complexity index is 339. The van der Waals surface area contributed by atoms with Crippen molar-refractivity contribution in [1.29, 1.82) is 0 Å². The van der Waals surface area contributed by atoms with Gasteiger partial charge in [0.25, 0.3) is 0 Å². The Morgan fingerprint density at radius 1 is 1.57 bits per heavy atom. The highest BCUT2D eigenvalue weighted by Crippen LogP contribution is 2.13. The van der Waals surface area contributed by atoms with Crippen molar-refractivity contribution in [2.24, 2.45) is 0 Å². The van der Waals surface area contributed by atoms with E-state index < -0.39 is 0 Å². The molecule has 0 radical (unpaired) electrons. The standard InChI is InChI=1S/C10H12FNO2/c1-7-6-8(2-3-9(7)11)12-10(14)4-5-13/h2-3,6,13H,4-5H2,1H3,(H,12,14). The number of halogens is 1. The summed E-state index contributed by atoms with van der Waals surface area (Å²) in [6, 6.07) is 4.33. The van der Waals surface area contributed by atoms with Gasteiger partial charge in [0.05, 0.1) is 13.0 Å². The van der Waals surface area contributed by atoms with Crippen molar-refractivity contribution in [3.8, 4) is 0 Å². The largest absolute Gasteiger partial charge is 0.396 e. The first-order valence-electron chi connectivity index (χ1n) is 4.30. The third-order valence-electron chi connectivity index (χ3n) is 1.78. The fraction of sp³-hybridized carbons (Fsp3) is 0.300. The number of aryl methyl sites for hydroxylation is 1. The summed E-state index contributed by atoms with van der Waals surface area (Å²) in [5.74, 6) is -0.580. The van der Waals surface area contributed by atoms with E-state index >= 15 is 0 Å². The molecule has 0 bridgehead atoms. The van der Waals surface area contributed by atoms with E-state index in [1.807, 2.05) is 0 Å². The molecule has 1 aromatic carbocycles. The lowest BCUT2D eigenvalue weighted by Crippen LogP contribution is -2.12. The van der Waals surface area contributed by atoms with Crippen LogP contribution < -0.4 is 5.32 Å². The zero-order valence-corrected chi connectivity index (χ0v) is 7.88. The second-order valence-electron chi connectivity index (χ2n) is 2.99. The second kappa shape index (κ2) is 4.72. The van der Waals surface area contributed by atoms with E-state index in [2.05, 4.69) is 5.32 Å². The number of carbonyl (C=O) groups is 1. The Morgan fingerprint density at radius 3 is 2.86 bits per heavy atom. The first-order valence-corrected chi connectivity index (χ1v) is 4.30. The molecule has 3 nitrogen and oxygen atoms in total. The minimum atomic E-state index is -0.301. The molecule has 0 aliphatic heterocycles. The normalized spacial score (nSPS) is 9.93. The average molecular weight is 197 g/mol. The molecule has 0 heterocycles. The van der Waals surface area contributed by atoms with Crippen LogP contribution in [0, 0.1) is 12.7 Å². The summed E-state index contributed by atoms with van der Waals surface area (Å²) in [5, 5.41) is 11.0. The van der Waals surface area contributed by atoms with Crippen LogP contribution in [-0.4, -0.2) is 17.6 Å². The van der Waals surface area contributed by atoms with Gasteiger partial charge in [-0.3, -0.25) is 4.79 Å². The Hall–Kier alpha value is -1.42. The summed E-state index contributed by atoms with van der Waals surface area (Å²) in [6.07, 6.45) is 0.0520. The van der Waals surface area contributed by atoms with Gasteiger partial charge in [-0.1, -0.05) is 0 Å². The maximum absolute atomic E-state index is 12.8. The van der Waals surface area contributed by atoms with Crippen LogP contribution in [0.3, 0.4) is 0 Å². The van der Waals surface area contributed by atoms with Crippen molar-refractivity contribution in [2.75, 3.05) is 11.9 Å². The number of aliphatic hydroxyl groups excluding tert-OH is 1. The molecule has 14 heavy (non-hydrogen) atoms. The second-order valence-corrected chi connectivity index (χ2v) is 2.99. The van der Waals surface area contributed by atoms with Crippen LogP contribution in [0.5, 0.6) is 0 Å². The van der Waals surface area contributed by atoms with Crippen molar-refractivity contribution in [3.63, 3.8) is 0 Å². The van der Waals surface area contributed by atoms with Crippen molar-refractivity contribution < 1.29 is 14.3 Å². The minimum Gasteiger partial charge on any atom is -0.396 e. The molecule has 0 aliphatic rings. The van der Waals surface area contributed by atoms with Gasteiger partial charge in [-0.2, -0.15) is 0 Å². The Labute approximate surface area is 81.6 Å². The quantitative estimate of drug-likeness (QED) is 0.770. The van der Waals surface area contributed by atoms with E-state index in [4.69, 9.17) is 5.11 Å². The maximum Gasteiger partial charge on any atom is 0.226 e. The lowest BCUT2D eigenvalue weighted by Gasteiger charge is -2.05. The minimum absolute atomic E-state index is 0.0520. The van der Waals surface area contributed by atoms with E-state index in [-0.39, 0.29) is 24.8 Å². The number of hydrogen-bond donors (Lipinski definition) is 2. The van der Waals surface area contributed by atoms with Crippen LogP contribution in [0.1, 0.15) is 12.0 Å². The van der Waals surface area contributed by atoms with Gasteiger partial charge in [-0.05, 0) is 30.7 Å². The zero-order valence-electron chi connectivity index (χ0n) is 7.88. The van der Waals surface area contributed by atoms with Gasteiger partial charge >= 0.3 is 0 Å². The number of hydrogen-bond acceptors (Lipinski definition) is 2. The topological polar surface area (TPSA) is 49.3 Å². The van der Waals surface area contributed by atoms with Crippen molar-refractivity contribution in [2.45, 2.75) is 13.3 Å². The summed E-state index contributed by atoms with van der Waals surface area (Å²) in [7, 11) is 0. The van der Waals surface area contributed by atoms with Gasteiger partial charge < -0.3 is 10.4 Å². The third kappa shape index (κ3) is 2.81. The van der Waals surface area contributed by atoms with Gasteiger partial charge in [-0.15, -0.1) is 0 Å². The van der Waals surface area contributed by atoms with Gasteiger partial charge in [0, 0.05) is 5.69 Å². The summed E-state index contributed by atoms with van der Waals surface area (Å²) < 4.78 is 12.8. The number of benzene rings is 1. The summed E-state index contributed by atoms with van der Waals surface area (Å²) in [5.41, 5.74) is 1.02. The van der Waals surface area contributed by atoms with Gasteiger partial charge in [0.2, 0.25) is 5.91 Å². The molecule has 0 unspecified atom stereocenters. The molecule has 76 valence electrons. The number of nitrogens with one attached hydrogen (secondary N) is 1. The van der Waals surface area contributed by atoms with E-state index in [0.717, 1.165) is 0 Å². The molecule has 1 rings (SSSR count). The maximum atomic E-state index is 12.8. The van der Waals surface area contributed by atoms with Crippen LogP contribution in [0.4, 0.5) is 10.1 Å². The highest BCUT2D eigenvalue weighted by molar-refractivity contribution is 5.90. The van der Waals surface area contributed by atoms with Crippen molar-refractivity contribution >= 4 is 11.6 Å². The molecule has 0 fully saturated rings. The van der Waals surface area contributed by atoms with E-state index in [0.29, 0.717) is 11.3 Å². The van der Waals surface area contributed by atoms with Crippen LogP contribution in [0.2, 0.25) is 0 Å². The molecule has 4 heteroatoms. The summed E-state index contributed by atoms with van der Waals surface area (Å²) >= 11 is 0. The molecule has 1 aromatic rings. The molecule has 0 saturated heterocycles. The number of carbonyl (C=O) groups excluding carboxylic acids is 1. The number of anilines is 1. The molecule has 0 atom stereocenters. The predicted molar refractivity (Wildman–Crippen MR) is 51.5 cm³/mol. The van der Waals surface area contributed by atoms with E-state index in [1.165, 1.54) is 12.1 Å².